The van der Waals surface area contributed by atoms with Gasteiger partial charge in [0.25, 0.3) is 10.0 Å². The van der Waals surface area contributed by atoms with Gasteiger partial charge in [-0.1, -0.05) is 36.8 Å². The van der Waals surface area contributed by atoms with Crippen molar-refractivity contribution in [1.29, 1.82) is 0 Å². The minimum Gasteiger partial charge on any atom is -0.232 e. The van der Waals surface area contributed by atoms with Crippen molar-refractivity contribution in [2.24, 2.45) is 0 Å². The molecule has 1 rings (SSSR count). The molecule has 0 radical (unpaired) electrons. The van der Waals surface area contributed by atoms with Gasteiger partial charge in [0, 0.05) is 5.54 Å². The first-order valence-corrected chi connectivity index (χ1v) is 7.66. The fourth-order valence-electron chi connectivity index (χ4n) is 1.13. The average Bonchev–Trinajstić information content (AvgIpc) is 2.65. The van der Waals surface area contributed by atoms with E-state index in [0.717, 1.165) is 24.2 Å². The highest BCUT2D eigenvalue weighted by molar-refractivity contribution is 7.91. The second-order valence-corrected chi connectivity index (χ2v) is 7.33. The van der Waals surface area contributed by atoms with Crippen LogP contribution in [0.15, 0.2) is 10.4 Å². The molecule has 0 atom stereocenters. The standard InChI is InChI=1S/C9H15ClN2O2S2/c1-4-9(3,5-2)12-16(13,14)7-6-11-8(10)15-7/h6,12H,4-5H2,1-3H3. The summed E-state index contributed by atoms with van der Waals surface area (Å²) in [6, 6.07) is 0. The molecule has 0 aliphatic heterocycles. The van der Waals surface area contributed by atoms with Crippen LogP contribution in [0, 0.1) is 0 Å². The van der Waals surface area contributed by atoms with E-state index < -0.39 is 15.6 Å². The van der Waals surface area contributed by atoms with Gasteiger partial charge >= 0.3 is 0 Å². The Morgan fingerprint density at radius 1 is 1.50 bits per heavy atom. The van der Waals surface area contributed by atoms with Crippen molar-refractivity contribution in [2.75, 3.05) is 0 Å². The first kappa shape index (κ1) is 13.9. The molecule has 0 aliphatic carbocycles. The third kappa shape index (κ3) is 3.16. The van der Waals surface area contributed by atoms with E-state index in [0.29, 0.717) is 0 Å². The summed E-state index contributed by atoms with van der Waals surface area (Å²) in [7, 11) is -3.50. The molecule has 0 bridgehead atoms. The zero-order chi connectivity index (χ0) is 12.4. The second kappa shape index (κ2) is 5.00. The van der Waals surface area contributed by atoms with Crippen LogP contribution in [0.1, 0.15) is 33.6 Å². The Bertz CT molecular complexity index is 452. The Morgan fingerprint density at radius 2 is 2.06 bits per heavy atom. The molecular weight excluding hydrogens is 268 g/mol. The lowest BCUT2D eigenvalue weighted by molar-refractivity contribution is 0.389. The number of halogens is 1. The van der Waals surface area contributed by atoms with Gasteiger partial charge in [-0.05, 0) is 19.8 Å². The number of nitrogens with one attached hydrogen (secondary N) is 1. The molecule has 16 heavy (non-hydrogen) atoms. The van der Waals surface area contributed by atoms with Gasteiger partial charge in [-0.15, -0.1) is 0 Å². The van der Waals surface area contributed by atoms with Crippen LogP contribution in [-0.2, 0) is 10.0 Å². The van der Waals surface area contributed by atoms with Gasteiger partial charge < -0.3 is 0 Å². The summed E-state index contributed by atoms with van der Waals surface area (Å²) in [6.45, 7) is 5.78. The number of nitrogens with zero attached hydrogens (tertiary/aromatic N) is 1. The van der Waals surface area contributed by atoms with E-state index in [4.69, 9.17) is 11.6 Å². The van der Waals surface area contributed by atoms with E-state index in [2.05, 4.69) is 9.71 Å². The molecule has 1 heterocycles. The highest BCUT2D eigenvalue weighted by Crippen LogP contribution is 2.25. The lowest BCUT2D eigenvalue weighted by Crippen LogP contribution is -2.44. The van der Waals surface area contributed by atoms with Gasteiger partial charge in [0.05, 0.1) is 6.20 Å². The van der Waals surface area contributed by atoms with Gasteiger partial charge in [0.15, 0.2) is 8.68 Å². The highest BCUT2D eigenvalue weighted by atomic mass is 35.5. The van der Waals surface area contributed by atoms with Crippen LogP contribution in [0.3, 0.4) is 0 Å². The van der Waals surface area contributed by atoms with Crippen molar-refractivity contribution >= 4 is 33.0 Å². The summed E-state index contributed by atoms with van der Waals surface area (Å²) >= 11 is 6.58. The summed E-state index contributed by atoms with van der Waals surface area (Å²) < 4.78 is 27.0. The number of rotatable bonds is 5. The Morgan fingerprint density at radius 3 is 2.44 bits per heavy atom. The van der Waals surface area contributed by atoms with Gasteiger partial charge in [-0.25, -0.2) is 18.1 Å². The van der Waals surface area contributed by atoms with Crippen LogP contribution in [-0.4, -0.2) is 18.9 Å². The molecule has 0 aromatic carbocycles. The zero-order valence-corrected chi connectivity index (χ0v) is 11.8. The van der Waals surface area contributed by atoms with E-state index in [1.807, 2.05) is 20.8 Å². The first-order valence-electron chi connectivity index (χ1n) is 4.98. The SMILES string of the molecule is CCC(C)(CC)NS(=O)(=O)c1cnc(Cl)s1. The molecule has 0 amide bonds. The molecule has 0 saturated carbocycles. The number of hydrogen-bond donors (Lipinski definition) is 1. The van der Waals surface area contributed by atoms with Crippen molar-refractivity contribution < 1.29 is 8.42 Å². The molecule has 0 aliphatic rings. The molecule has 0 spiro atoms. The van der Waals surface area contributed by atoms with Crippen molar-refractivity contribution in [2.45, 2.75) is 43.4 Å². The van der Waals surface area contributed by atoms with Crippen molar-refractivity contribution in [3.05, 3.63) is 10.7 Å². The maximum absolute atomic E-state index is 12.0. The van der Waals surface area contributed by atoms with Gasteiger partial charge in [-0.2, -0.15) is 0 Å². The predicted octanol–water partition coefficient (Wildman–Crippen LogP) is 2.65. The van der Waals surface area contributed by atoms with E-state index in [1.54, 1.807) is 0 Å². The molecule has 0 unspecified atom stereocenters. The zero-order valence-electron chi connectivity index (χ0n) is 9.45. The van der Waals surface area contributed by atoms with E-state index >= 15 is 0 Å². The lowest BCUT2D eigenvalue weighted by Gasteiger charge is -2.27. The molecule has 0 fully saturated rings. The van der Waals surface area contributed by atoms with E-state index in [-0.39, 0.29) is 8.68 Å². The summed E-state index contributed by atoms with van der Waals surface area (Å²) in [4.78, 5) is 3.73. The van der Waals surface area contributed by atoms with E-state index in [1.165, 1.54) is 6.20 Å². The average molecular weight is 283 g/mol. The highest BCUT2D eigenvalue weighted by Gasteiger charge is 2.28. The maximum Gasteiger partial charge on any atom is 0.252 e. The summed E-state index contributed by atoms with van der Waals surface area (Å²) in [5.41, 5.74) is -0.421. The molecule has 7 heteroatoms. The summed E-state index contributed by atoms with van der Waals surface area (Å²) in [5.74, 6) is 0. The minimum atomic E-state index is -3.50. The third-order valence-corrected chi connectivity index (χ3v) is 5.88. The van der Waals surface area contributed by atoms with Crippen LogP contribution < -0.4 is 4.72 Å². The molecule has 4 nitrogen and oxygen atoms in total. The number of aromatic nitrogens is 1. The van der Waals surface area contributed by atoms with Crippen LogP contribution in [0.2, 0.25) is 4.47 Å². The number of hydrogen-bond acceptors (Lipinski definition) is 4. The second-order valence-electron chi connectivity index (χ2n) is 3.81. The maximum atomic E-state index is 12.0. The first-order chi connectivity index (χ1) is 7.33. The van der Waals surface area contributed by atoms with Crippen LogP contribution in [0.25, 0.3) is 0 Å². The fraction of sp³-hybridized carbons (Fsp3) is 0.667. The molecular formula is C9H15ClN2O2S2. The summed E-state index contributed by atoms with van der Waals surface area (Å²) in [6.07, 6.45) is 2.74. The summed E-state index contributed by atoms with van der Waals surface area (Å²) in [5, 5.41) is 0. The van der Waals surface area contributed by atoms with Crippen LogP contribution in [0.5, 0.6) is 0 Å². The Hall–Kier alpha value is -0.170. The van der Waals surface area contributed by atoms with Gasteiger partial charge in [0.1, 0.15) is 0 Å². The molecule has 1 aromatic rings. The van der Waals surface area contributed by atoms with Crippen LogP contribution in [0.4, 0.5) is 0 Å². The van der Waals surface area contributed by atoms with Gasteiger partial charge in [-0.3, -0.25) is 0 Å². The van der Waals surface area contributed by atoms with Gasteiger partial charge in [0.2, 0.25) is 0 Å². The Balaban J connectivity index is 2.96. The smallest absolute Gasteiger partial charge is 0.232 e. The largest absolute Gasteiger partial charge is 0.252 e. The van der Waals surface area contributed by atoms with Crippen molar-refractivity contribution in [3.63, 3.8) is 0 Å². The topological polar surface area (TPSA) is 59.1 Å². The molecule has 1 aromatic heterocycles. The predicted molar refractivity (Wildman–Crippen MR) is 66.4 cm³/mol. The number of sulfonamides is 1. The van der Waals surface area contributed by atoms with Crippen LogP contribution >= 0.6 is 22.9 Å². The van der Waals surface area contributed by atoms with E-state index in [9.17, 15) is 8.42 Å². The number of thiazole rings is 1. The lowest BCUT2D eigenvalue weighted by atomic mass is 9.98. The Labute approximate surface area is 105 Å². The molecule has 92 valence electrons. The van der Waals surface area contributed by atoms with Crippen molar-refractivity contribution in [1.82, 2.24) is 9.71 Å². The van der Waals surface area contributed by atoms with Crippen molar-refractivity contribution in [3.8, 4) is 0 Å². The third-order valence-electron chi connectivity index (χ3n) is 2.66. The fourth-order valence-corrected chi connectivity index (χ4v) is 3.97. The molecule has 0 saturated heterocycles. The minimum absolute atomic E-state index is 0.158. The normalized spacial score (nSPS) is 13.0. The Kier molecular flexibility index (Phi) is 4.34. The molecule has 1 N–H and O–H groups in total. The monoisotopic (exact) mass is 282 g/mol. The quantitative estimate of drug-likeness (QED) is 0.903.